The molecular formula is C18H21NO2. The highest BCUT2D eigenvalue weighted by Gasteiger charge is 2.28. The predicted octanol–water partition coefficient (Wildman–Crippen LogP) is 3.53. The number of methoxy groups -OCH3 is 1. The lowest BCUT2D eigenvalue weighted by atomic mass is 10.0. The molecule has 110 valence electrons. The van der Waals surface area contributed by atoms with Crippen LogP contribution in [0.4, 0.5) is 5.69 Å². The summed E-state index contributed by atoms with van der Waals surface area (Å²) in [5.74, 6) is 1.28. The fourth-order valence-electron chi connectivity index (χ4n) is 3.19. The molecule has 0 aliphatic heterocycles. The van der Waals surface area contributed by atoms with Gasteiger partial charge in [0, 0.05) is 11.3 Å². The standard InChI is InChI=1S/C18H21NO2/c1-12-9-13-5-3-4-6-16(13)18(12)19-15-7-8-17(21-2)14(10-15)11-20/h3-8,10,12,18-20H,9,11H2,1-2H3. The summed E-state index contributed by atoms with van der Waals surface area (Å²) < 4.78 is 5.25. The zero-order chi connectivity index (χ0) is 14.8. The van der Waals surface area contributed by atoms with Crippen LogP contribution in [-0.2, 0) is 13.0 Å². The molecule has 0 saturated heterocycles. The average molecular weight is 283 g/mol. The number of aliphatic hydroxyl groups excluding tert-OH is 1. The lowest BCUT2D eigenvalue weighted by Gasteiger charge is -2.21. The molecule has 2 N–H and O–H groups in total. The molecule has 0 heterocycles. The Hall–Kier alpha value is -2.00. The van der Waals surface area contributed by atoms with E-state index in [2.05, 4.69) is 36.5 Å². The first-order valence-corrected chi connectivity index (χ1v) is 7.35. The van der Waals surface area contributed by atoms with Crippen molar-refractivity contribution in [2.24, 2.45) is 5.92 Å². The summed E-state index contributed by atoms with van der Waals surface area (Å²) in [7, 11) is 1.62. The number of hydrogen-bond donors (Lipinski definition) is 2. The third-order valence-corrected chi connectivity index (χ3v) is 4.27. The molecule has 0 aromatic heterocycles. The lowest BCUT2D eigenvalue weighted by Crippen LogP contribution is -2.14. The van der Waals surface area contributed by atoms with E-state index in [1.165, 1.54) is 11.1 Å². The van der Waals surface area contributed by atoms with Gasteiger partial charge in [-0.3, -0.25) is 0 Å². The molecule has 3 rings (SSSR count). The number of ether oxygens (including phenoxy) is 1. The summed E-state index contributed by atoms with van der Waals surface area (Å²) in [6.07, 6.45) is 1.11. The molecule has 2 aromatic rings. The molecule has 1 aliphatic carbocycles. The van der Waals surface area contributed by atoms with Crippen molar-refractivity contribution in [3.63, 3.8) is 0 Å². The SMILES string of the molecule is COc1ccc(NC2c3ccccc3CC2C)cc1CO. The zero-order valence-corrected chi connectivity index (χ0v) is 12.5. The van der Waals surface area contributed by atoms with Gasteiger partial charge < -0.3 is 15.2 Å². The second-order valence-electron chi connectivity index (χ2n) is 5.69. The van der Waals surface area contributed by atoms with Crippen LogP contribution in [0.25, 0.3) is 0 Å². The van der Waals surface area contributed by atoms with Crippen LogP contribution in [0.15, 0.2) is 42.5 Å². The van der Waals surface area contributed by atoms with E-state index in [1.807, 2.05) is 18.2 Å². The summed E-state index contributed by atoms with van der Waals surface area (Å²) >= 11 is 0. The molecule has 3 heteroatoms. The van der Waals surface area contributed by atoms with Crippen molar-refractivity contribution in [1.29, 1.82) is 0 Å². The Kier molecular flexibility index (Phi) is 3.84. The highest BCUT2D eigenvalue weighted by Crippen LogP contribution is 2.38. The maximum absolute atomic E-state index is 9.44. The molecule has 0 spiro atoms. The Morgan fingerprint density at radius 1 is 1.24 bits per heavy atom. The molecule has 2 atom stereocenters. The van der Waals surface area contributed by atoms with Crippen LogP contribution in [0.3, 0.4) is 0 Å². The van der Waals surface area contributed by atoms with E-state index in [0.717, 1.165) is 23.4 Å². The number of nitrogens with one attached hydrogen (secondary N) is 1. The number of hydrogen-bond acceptors (Lipinski definition) is 3. The molecule has 2 unspecified atom stereocenters. The van der Waals surface area contributed by atoms with Gasteiger partial charge in [-0.2, -0.15) is 0 Å². The van der Waals surface area contributed by atoms with Crippen LogP contribution in [-0.4, -0.2) is 12.2 Å². The normalized spacial score (nSPS) is 20.1. The van der Waals surface area contributed by atoms with Crippen molar-refractivity contribution in [2.45, 2.75) is 26.0 Å². The Morgan fingerprint density at radius 2 is 2.05 bits per heavy atom. The first-order chi connectivity index (χ1) is 10.2. The van der Waals surface area contributed by atoms with E-state index in [4.69, 9.17) is 4.74 Å². The molecule has 0 fully saturated rings. The molecule has 0 radical (unpaired) electrons. The quantitative estimate of drug-likeness (QED) is 0.902. The van der Waals surface area contributed by atoms with Crippen LogP contribution >= 0.6 is 0 Å². The summed E-state index contributed by atoms with van der Waals surface area (Å²) in [6.45, 7) is 2.25. The lowest BCUT2D eigenvalue weighted by molar-refractivity contribution is 0.274. The van der Waals surface area contributed by atoms with Crippen LogP contribution in [0.1, 0.15) is 29.7 Å². The number of rotatable bonds is 4. The van der Waals surface area contributed by atoms with Crippen molar-refractivity contribution in [3.8, 4) is 5.75 Å². The number of fused-ring (bicyclic) bond motifs is 1. The van der Waals surface area contributed by atoms with Crippen LogP contribution in [0, 0.1) is 5.92 Å². The molecule has 0 bridgehead atoms. The van der Waals surface area contributed by atoms with Crippen LogP contribution in [0.5, 0.6) is 5.75 Å². The zero-order valence-electron chi connectivity index (χ0n) is 12.5. The highest BCUT2D eigenvalue weighted by atomic mass is 16.5. The highest BCUT2D eigenvalue weighted by molar-refractivity contribution is 5.54. The van der Waals surface area contributed by atoms with Gasteiger partial charge in [-0.05, 0) is 41.7 Å². The van der Waals surface area contributed by atoms with Crippen molar-refractivity contribution in [3.05, 3.63) is 59.2 Å². The smallest absolute Gasteiger partial charge is 0.124 e. The van der Waals surface area contributed by atoms with Crippen molar-refractivity contribution in [2.75, 3.05) is 12.4 Å². The van der Waals surface area contributed by atoms with Gasteiger partial charge in [-0.1, -0.05) is 31.2 Å². The minimum atomic E-state index is -0.0184. The van der Waals surface area contributed by atoms with Gasteiger partial charge in [0.05, 0.1) is 19.8 Å². The fourth-order valence-corrected chi connectivity index (χ4v) is 3.19. The molecule has 1 aliphatic rings. The third kappa shape index (κ3) is 2.61. The molecule has 21 heavy (non-hydrogen) atoms. The van der Waals surface area contributed by atoms with E-state index in [-0.39, 0.29) is 6.61 Å². The Morgan fingerprint density at radius 3 is 2.81 bits per heavy atom. The van der Waals surface area contributed by atoms with E-state index in [0.29, 0.717) is 12.0 Å². The largest absolute Gasteiger partial charge is 0.496 e. The molecule has 0 amide bonds. The fraction of sp³-hybridized carbons (Fsp3) is 0.333. The molecule has 3 nitrogen and oxygen atoms in total. The van der Waals surface area contributed by atoms with Gasteiger partial charge in [-0.25, -0.2) is 0 Å². The van der Waals surface area contributed by atoms with E-state index in [9.17, 15) is 5.11 Å². The minimum Gasteiger partial charge on any atom is -0.496 e. The van der Waals surface area contributed by atoms with Crippen LogP contribution < -0.4 is 10.1 Å². The van der Waals surface area contributed by atoms with E-state index < -0.39 is 0 Å². The second-order valence-corrected chi connectivity index (χ2v) is 5.69. The monoisotopic (exact) mass is 283 g/mol. The number of aliphatic hydroxyl groups is 1. The Balaban J connectivity index is 1.87. The van der Waals surface area contributed by atoms with Crippen LogP contribution in [0.2, 0.25) is 0 Å². The summed E-state index contributed by atoms with van der Waals surface area (Å²) in [4.78, 5) is 0. The molecule has 0 saturated carbocycles. The Labute approximate surface area is 125 Å². The van der Waals surface area contributed by atoms with Gasteiger partial charge in [0.15, 0.2) is 0 Å². The topological polar surface area (TPSA) is 41.5 Å². The van der Waals surface area contributed by atoms with Gasteiger partial charge in [0.2, 0.25) is 0 Å². The van der Waals surface area contributed by atoms with Gasteiger partial charge in [0.1, 0.15) is 5.75 Å². The minimum absolute atomic E-state index is 0.0184. The maximum Gasteiger partial charge on any atom is 0.124 e. The average Bonchev–Trinajstić information content (AvgIpc) is 2.83. The van der Waals surface area contributed by atoms with Gasteiger partial charge >= 0.3 is 0 Å². The first kappa shape index (κ1) is 14.0. The summed E-state index contributed by atoms with van der Waals surface area (Å²) in [6, 6.07) is 14.8. The van der Waals surface area contributed by atoms with Crippen molar-refractivity contribution < 1.29 is 9.84 Å². The molecular weight excluding hydrogens is 262 g/mol. The van der Waals surface area contributed by atoms with Crippen molar-refractivity contribution >= 4 is 5.69 Å². The second kappa shape index (κ2) is 5.78. The Bertz CT molecular complexity index is 639. The number of benzene rings is 2. The maximum atomic E-state index is 9.44. The molecule has 2 aromatic carbocycles. The number of anilines is 1. The predicted molar refractivity (Wildman–Crippen MR) is 84.6 cm³/mol. The van der Waals surface area contributed by atoms with E-state index in [1.54, 1.807) is 7.11 Å². The third-order valence-electron chi connectivity index (χ3n) is 4.27. The van der Waals surface area contributed by atoms with E-state index >= 15 is 0 Å². The first-order valence-electron chi connectivity index (χ1n) is 7.35. The van der Waals surface area contributed by atoms with Crippen molar-refractivity contribution in [1.82, 2.24) is 0 Å². The van der Waals surface area contributed by atoms with Gasteiger partial charge in [-0.15, -0.1) is 0 Å². The van der Waals surface area contributed by atoms with Gasteiger partial charge in [0.25, 0.3) is 0 Å². The summed E-state index contributed by atoms with van der Waals surface area (Å²) in [5, 5.41) is 13.0. The summed E-state index contributed by atoms with van der Waals surface area (Å²) in [5.41, 5.74) is 4.64.